The van der Waals surface area contributed by atoms with Crippen molar-refractivity contribution >= 4 is 10.0 Å². The standard InChI is InChI=1S/C13H22F2N4O2S/c1-22(20,21)17-6-5-11-4-2-3-8-18(11)10-12-16-7-9-19(12)13(14)15/h7,9,11,13,17H,2-6,8,10H2,1H3. The molecule has 0 radical (unpaired) electrons. The Kier molecular flexibility index (Phi) is 5.87. The molecule has 126 valence electrons. The number of hydrogen-bond acceptors (Lipinski definition) is 4. The van der Waals surface area contributed by atoms with Crippen LogP contribution in [0.4, 0.5) is 8.78 Å². The maximum Gasteiger partial charge on any atom is 0.319 e. The highest BCUT2D eigenvalue weighted by atomic mass is 32.2. The van der Waals surface area contributed by atoms with Gasteiger partial charge in [-0.15, -0.1) is 0 Å². The Morgan fingerprint density at radius 2 is 2.23 bits per heavy atom. The second-order valence-electron chi connectivity index (χ2n) is 5.60. The average molecular weight is 336 g/mol. The van der Waals surface area contributed by atoms with Crippen molar-refractivity contribution in [1.29, 1.82) is 0 Å². The van der Waals surface area contributed by atoms with E-state index in [1.807, 2.05) is 0 Å². The van der Waals surface area contributed by atoms with Gasteiger partial charge in [0.1, 0.15) is 5.82 Å². The molecule has 9 heteroatoms. The van der Waals surface area contributed by atoms with Crippen LogP contribution in [0.25, 0.3) is 0 Å². The van der Waals surface area contributed by atoms with Gasteiger partial charge in [0, 0.05) is 25.0 Å². The first kappa shape index (κ1) is 17.3. The molecule has 1 atom stereocenters. The van der Waals surface area contributed by atoms with E-state index < -0.39 is 16.6 Å². The van der Waals surface area contributed by atoms with Gasteiger partial charge in [-0.05, 0) is 25.8 Å². The van der Waals surface area contributed by atoms with E-state index >= 15 is 0 Å². The van der Waals surface area contributed by atoms with E-state index in [1.54, 1.807) is 0 Å². The van der Waals surface area contributed by atoms with Crippen LogP contribution >= 0.6 is 0 Å². The van der Waals surface area contributed by atoms with Gasteiger partial charge >= 0.3 is 6.55 Å². The first-order chi connectivity index (χ1) is 10.4. The number of alkyl halides is 2. The smallest absolute Gasteiger partial charge is 0.293 e. The third-order valence-corrected chi connectivity index (χ3v) is 4.62. The summed E-state index contributed by atoms with van der Waals surface area (Å²) in [6.07, 6.45) is 7.50. The van der Waals surface area contributed by atoms with Gasteiger partial charge in [-0.25, -0.2) is 18.1 Å². The van der Waals surface area contributed by atoms with Crippen molar-refractivity contribution < 1.29 is 17.2 Å². The lowest BCUT2D eigenvalue weighted by atomic mass is 9.99. The second-order valence-corrected chi connectivity index (χ2v) is 7.44. The second kappa shape index (κ2) is 7.47. The summed E-state index contributed by atoms with van der Waals surface area (Å²) in [5, 5.41) is 0. The lowest BCUT2D eigenvalue weighted by Crippen LogP contribution is -2.41. The molecule has 1 unspecified atom stereocenters. The Hall–Kier alpha value is -1.06. The number of halogens is 2. The van der Waals surface area contributed by atoms with E-state index in [1.165, 1.54) is 12.4 Å². The number of nitrogens with one attached hydrogen (secondary N) is 1. The maximum absolute atomic E-state index is 12.9. The highest BCUT2D eigenvalue weighted by Crippen LogP contribution is 2.22. The molecular formula is C13H22F2N4O2S. The van der Waals surface area contributed by atoms with Crippen molar-refractivity contribution in [2.75, 3.05) is 19.3 Å². The minimum atomic E-state index is -3.19. The highest BCUT2D eigenvalue weighted by Gasteiger charge is 2.24. The van der Waals surface area contributed by atoms with Crippen LogP contribution in [0.2, 0.25) is 0 Å². The molecular weight excluding hydrogens is 314 g/mol. The number of piperidine rings is 1. The molecule has 0 bridgehead atoms. The average Bonchev–Trinajstić information content (AvgIpc) is 2.87. The molecule has 0 amide bonds. The van der Waals surface area contributed by atoms with Gasteiger partial charge < -0.3 is 0 Å². The van der Waals surface area contributed by atoms with Gasteiger partial charge in [-0.2, -0.15) is 8.78 Å². The van der Waals surface area contributed by atoms with Crippen molar-refractivity contribution in [3.8, 4) is 0 Å². The van der Waals surface area contributed by atoms with Gasteiger partial charge in [-0.1, -0.05) is 6.42 Å². The molecule has 2 rings (SSSR count). The molecule has 1 aliphatic heterocycles. The molecule has 1 N–H and O–H groups in total. The molecule has 22 heavy (non-hydrogen) atoms. The van der Waals surface area contributed by atoms with Gasteiger partial charge in [0.25, 0.3) is 0 Å². The summed E-state index contributed by atoms with van der Waals surface area (Å²) in [6.45, 7) is -1.04. The Balaban J connectivity index is 1.96. The fraction of sp³-hybridized carbons (Fsp3) is 0.769. The van der Waals surface area contributed by atoms with Crippen molar-refractivity contribution in [3.63, 3.8) is 0 Å². The molecule has 1 aromatic rings. The Labute approximate surface area is 129 Å². The van der Waals surface area contributed by atoms with Crippen LogP contribution in [0, 0.1) is 0 Å². The molecule has 0 spiro atoms. The molecule has 0 saturated carbocycles. The summed E-state index contributed by atoms with van der Waals surface area (Å²) in [4.78, 5) is 6.14. The van der Waals surface area contributed by atoms with Crippen LogP contribution in [-0.2, 0) is 16.6 Å². The minimum absolute atomic E-state index is 0.186. The number of sulfonamides is 1. The number of rotatable bonds is 7. The summed E-state index contributed by atoms with van der Waals surface area (Å²) >= 11 is 0. The quantitative estimate of drug-likeness (QED) is 0.821. The van der Waals surface area contributed by atoms with E-state index in [0.29, 0.717) is 25.3 Å². The summed E-state index contributed by atoms with van der Waals surface area (Å²) in [5.41, 5.74) is 0. The predicted octanol–water partition coefficient (Wildman–Crippen LogP) is 1.57. The first-order valence-corrected chi connectivity index (χ1v) is 9.24. The van der Waals surface area contributed by atoms with Crippen molar-refractivity contribution in [1.82, 2.24) is 19.2 Å². The SMILES string of the molecule is CS(=O)(=O)NCCC1CCCCN1Cc1nccn1C(F)F. The van der Waals surface area contributed by atoms with E-state index in [0.717, 1.165) is 36.6 Å². The Morgan fingerprint density at radius 1 is 1.45 bits per heavy atom. The van der Waals surface area contributed by atoms with Crippen molar-refractivity contribution in [2.45, 2.75) is 44.8 Å². The molecule has 0 aromatic carbocycles. The first-order valence-electron chi connectivity index (χ1n) is 7.35. The van der Waals surface area contributed by atoms with Crippen molar-refractivity contribution in [3.05, 3.63) is 18.2 Å². The Bertz CT molecular complexity index is 576. The minimum Gasteiger partial charge on any atom is -0.293 e. The van der Waals surface area contributed by atoms with E-state index in [-0.39, 0.29) is 6.04 Å². The molecule has 0 aliphatic carbocycles. The van der Waals surface area contributed by atoms with Crippen LogP contribution in [0.5, 0.6) is 0 Å². The number of aromatic nitrogens is 2. The van der Waals surface area contributed by atoms with E-state index in [2.05, 4.69) is 14.6 Å². The van der Waals surface area contributed by atoms with E-state index in [9.17, 15) is 17.2 Å². The van der Waals surface area contributed by atoms with Gasteiger partial charge in [0.2, 0.25) is 10.0 Å². The van der Waals surface area contributed by atoms with Crippen molar-refractivity contribution in [2.24, 2.45) is 0 Å². The summed E-state index contributed by atoms with van der Waals surface area (Å²) in [7, 11) is -3.19. The van der Waals surface area contributed by atoms with Gasteiger partial charge in [-0.3, -0.25) is 9.47 Å². The number of hydrogen-bond donors (Lipinski definition) is 1. The highest BCUT2D eigenvalue weighted by molar-refractivity contribution is 7.88. The van der Waals surface area contributed by atoms with Crippen LogP contribution < -0.4 is 4.72 Å². The summed E-state index contributed by atoms with van der Waals surface area (Å²) < 4.78 is 51.3. The van der Waals surface area contributed by atoms with Gasteiger partial charge in [0.15, 0.2) is 0 Å². The molecule has 1 saturated heterocycles. The number of imidazole rings is 1. The molecule has 1 fully saturated rings. The molecule has 2 heterocycles. The lowest BCUT2D eigenvalue weighted by Gasteiger charge is -2.35. The van der Waals surface area contributed by atoms with Crippen LogP contribution in [0.1, 0.15) is 38.1 Å². The van der Waals surface area contributed by atoms with E-state index in [4.69, 9.17) is 0 Å². The third-order valence-electron chi connectivity index (χ3n) is 3.89. The zero-order valence-electron chi connectivity index (χ0n) is 12.6. The van der Waals surface area contributed by atoms with Gasteiger partial charge in [0.05, 0.1) is 12.8 Å². The molecule has 6 nitrogen and oxygen atoms in total. The van der Waals surface area contributed by atoms with Crippen LogP contribution in [0.3, 0.4) is 0 Å². The summed E-state index contributed by atoms with van der Waals surface area (Å²) in [5.74, 6) is 0.345. The largest absolute Gasteiger partial charge is 0.319 e. The predicted molar refractivity (Wildman–Crippen MR) is 79.0 cm³/mol. The number of nitrogens with zero attached hydrogens (tertiary/aromatic N) is 3. The molecule has 1 aliphatic rings. The van der Waals surface area contributed by atoms with Crippen LogP contribution in [-0.4, -0.2) is 48.3 Å². The molecule has 1 aromatic heterocycles. The fourth-order valence-electron chi connectivity index (χ4n) is 2.83. The Morgan fingerprint density at radius 3 is 2.91 bits per heavy atom. The topological polar surface area (TPSA) is 67.2 Å². The maximum atomic E-state index is 12.9. The van der Waals surface area contributed by atoms with Crippen LogP contribution in [0.15, 0.2) is 12.4 Å². The summed E-state index contributed by atoms with van der Waals surface area (Å²) in [6, 6.07) is 0.186. The monoisotopic (exact) mass is 336 g/mol. The number of likely N-dealkylation sites (tertiary alicyclic amines) is 1. The lowest BCUT2D eigenvalue weighted by molar-refractivity contribution is 0.0591. The fourth-order valence-corrected chi connectivity index (χ4v) is 3.32. The zero-order valence-corrected chi connectivity index (χ0v) is 13.4. The zero-order chi connectivity index (χ0) is 16.2. The third kappa shape index (κ3) is 4.99. The normalized spacial score (nSPS) is 20.6.